The standard InChI is InChI=1S/C18H26ClNO/c1-13(21)17(14-6-8-15(19)9-7-14)12-20-16-5-4-10-18(2,3)11-16/h6-9,16-17,20H,4-5,10-12H2,1-3H3/t16?,17-/m0/s1. The summed E-state index contributed by atoms with van der Waals surface area (Å²) in [5.74, 6) is 0.132. The highest BCUT2D eigenvalue weighted by Crippen LogP contribution is 2.35. The average molecular weight is 308 g/mol. The number of halogens is 1. The van der Waals surface area contributed by atoms with Gasteiger partial charge in [0.2, 0.25) is 0 Å². The van der Waals surface area contributed by atoms with Crippen molar-refractivity contribution in [3.8, 4) is 0 Å². The van der Waals surface area contributed by atoms with E-state index in [1.165, 1.54) is 25.7 Å². The highest BCUT2D eigenvalue weighted by atomic mass is 35.5. The summed E-state index contributed by atoms with van der Waals surface area (Å²) in [6.45, 7) is 7.06. The molecule has 1 unspecified atom stereocenters. The molecule has 21 heavy (non-hydrogen) atoms. The van der Waals surface area contributed by atoms with Gasteiger partial charge in [-0.05, 0) is 49.3 Å². The summed E-state index contributed by atoms with van der Waals surface area (Å²) in [5.41, 5.74) is 1.47. The first-order valence-electron chi connectivity index (χ1n) is 7.87. The molecule has 1 fully saturated rings. The molecule has 1 aromatic carbocycles. The second kappa shape index (κ2) is 6.93. The Hall–Kier alpha value is -0.860. The van der Waals surface area contributed by atoms with Crippen LogP contribution in [0.2, 0.25) is 5.02 Å². The minimum Gasteiger partial charge on any atom is -0.313 e. The van der Waals surface area contributed by atoms with E-state index in [1.807, 2.05) is 24.3 Å². The minimum absolute atomic E-state index is 0.0766. The molecule has 2 nitrogen and oxygen atoms in total. The van der Waals surface area contributed by atoms with Gasteiger partial charge in [0.15, 0.2) is 0 Å². The molecule has 1 aliphatic rings. The maximum Gasteiger partial charge on any atom is 0.138 e. The fourth-order valence-electron chi connectivity index (χ4n) is 3.35. The number of hydrogen-bond donors (Lipinski definition) is 1. The third kappa shape index (κ3) is 4.82. The Morgan fingerprint density at radius 2 is 2.05 bits per heavy atom. The van der Waals surface area contributed by atoms with Crippen molar-refractivity contribution in [2.75, 3.05) is 6.54 Å². The third-order valence-electron chi connectivity index (χ3n) is 4.58. The zero-order valence-electron chi connectivity index (χ0n) is 13.3. The van der Waals surface area contributed by atoms with E-state index >= 15 is 0 Å². The number of rotatable bonds is 5. The van der Waals surface area contributed by atoms with Crippen molar-refractivity contribution in [2.45, 2.75) is 58.4 Å². The quantitative estimate of drug-likeness (QED) is 0.863. The molecule has 116 valence electrons. The smallest absolute Gasteiger partial charge is 0.138 e. The van der Waals surface area contributed by atoms with E-state index < -0.39 is 0 Å². The monoisotopic (exact) mass is 307 g/mol. The lowest BCUT2D eigenvalue weighted by Gasteiger charge is -2.36. The van der Waals surface area contributed by atoms with Gasteiger partial charge in [0.05, 0.1) is 5.92 Å². The van der Waals surface area contributed by atoms with Gasteiger partial charge >= 0.3 is 0 Å². The summed E-state index contributed by atoms with van der Waals surface area (Å²) in [6, 6.07) is 8.16. The molecule has 0 aliphatic heterocycles. The average Bonchev–Trinajstić information content (AvgIpc) is 2.39. The molecule has 0 amide bonds. The Kier molecular flexibility index (Phi) is 5.45. The minimum atomic E-state index is -0.0766. The van der Waals surface area contributed by atoms with Crippen molar-refractivity contribution < 1.29 is 4.79 Å². The van der Waals surface area contributed by atoms with Crippen LogP contribution in [-0.4, -0.2) is 18.4 Å². The van der Waals surface area contributed by atoms with Crippen LogP contribution in [0.1, 0.15) is 57.9 Å². The number of hydrogen-bond acceptors (Lipinski definition) is 2. The van der Waals surface area contributed by atoms with Crippen LogP contribution in [-0.2, 0) is 4.79 Å². The van der Waals surface area contributed by atoms with Crippen molar-refractivity contribution in [1.29, 1.82) is 0 Å². The molecule has 2 rings (SSSR count). The molecule has 1 saturated carbocycles. The molecule has 3 heteroatoms. The first-order chi connectivity index (χ1) is 9.87. The van der Waals surface area contributed by atoms with E-state index in [2.05, 4.69) is 19.2 Å². The molecule has 0 heterocycles. The first kappa shape index (κ1) is 16.5. The van der Waals surface area contributed by atoms with Crippen LogP contribution in [0.25, 0.3) is 0 Å². The van der Waals surface area contributed by atoms with Gasteiger partial charge in [-0.1, -0.05) is 44.0 Å². The van der Waals surface area contributed by atoms with Crippen LogP contribution in [0, 0.1) is 5.41 Å². The molecule has 0 spiro atoms. The predicted molar refractivity (Wildman–Crippen MR) is 88.9 cm³/mol. The number of Topliss-reactive ketones (excluding diaryl/α,β-unsaturated/α-hetero) is 1. The number of ketones is 1. The van der Waals surface area contributed by atoms with Crippen LogP contribution in [0.4, 0.5) is 0 Å². The van der Waals surface area contributed by atoms with Crippen LogP contribution in [0.3, 0.4) is 0 Å². The Bertz CT molecular complexity index is 480. The summed E-state index contributed by atoms with van der Waals surface area (Å²) in [6.07, 6.45) is 4.99. The summed E-state index contributed by atoms with van der Waals surface area (Å²) < 4.78 is 0. The number of carbonyl (C=O) groups excluding carboxylic acids is 1. The molecule has 1 N–H and O–H groups in total. The summed E-state index contributed by atoms with van der Waals surface area (Å²) in [5, 5.41) is 4.33. The van der Waals surface area contributed by atoms with Crippen LogP contribution in [0.5, 0.6) is 0 Å². The SMILES string of the molecule is CC(=O)[C@H](CNC1CCCC(C)(C)C1)c1ccc(Cl)cc1. The second-order valence-electron chi connectivity index (χ2n) is 7.08. The lowest BCUT2D eigenvalue weighted by Crippen LogP contribution is -2.40. The molecule has 0 radical (unpaired) electrons. The van der Waals surface area contributed by atoms with E-state index in [1.54, 1.807) is 6.92 Å². The topological polar surface area (TPSA) is 29.1 Å². The zero-order valence-corrected chi connectivity index (χ0v) is 14.0. The van der Waals surface area contributed by atoms with Gasteiger partial charge in [-0.2, -0.15) is 0 Å². The van der Waals surface area contributed by atoms with Crippen LogP contribution in [0.15, 0.2) is 24.3 Å². The van der Waals surface area contributed by atoms with Gasteiger partial charge in [0, 0.05) is 17.6 Å². The molecule has 1 aliphatic carbocycles. The Labute approximate surface area is 133 Å². The number of nitrogens with one attached hydrogen (secondary N) is 1. The maximum atomic E-state index is 12.0. The van der Waals surface area contributed by atoms with Crippen LogP contribution < -0.4 is 5.32 Å². The number of carbonyl (C=O) groups is 1. The highest BCUT2D eigenvalue weighted by Gasteiger charge is 2.28. The van der Waals surface area contributed by atoms with Gasteiger partial charge in [-0.15, -0.1) is 0 Å². The molecule has 2 atom stereocenters. The van der Waals surface area contributed by atoms with E-state index in [9.17, 15) is 4.79 Å². The van der Waals surface area contributed by atoms with Gasteiger partial charge in [-0.3, -0.25) is 4.79 Å². The lowest BCUT2D eigenvalue weighted by atomic mass is 9.75. The maximum absolute atomic E-state index is 12.0. The summed E-state index contributed by atoms with van der Waals surface area (Å²) in [7, 11) is 0. The zero-order chi connectivity index (χ0) is 15.5. The Balaban J connectivity index is 1.97. The van der Waals surface area contributed by atoms with E-state index in [0.717, 1.165) is 12.1 Å². The molecule has 0 saturated heterocycles. The summed E-state index contributed by atoms with van der Waals surface area (Å²) in [4.78, 5) is 12.0. The van der Waals surface area contributed by atoms with Crippen LogP contribution >= 0.6 is 11.6 Å². The largest absolute Gasteiger partial charge is 0.313 e. The lowest BCUT2D eigenvalue weighted by molar-refractivity contribution is -0.118. The van der Waals surface area contributed by atoms with E-state index in [4.69, 9.17) is 11.6 Å². The normalized spacial score (nSPS) is 22.8. The highest BCUT2D eigenvalue weighted by molar-refractivity contribution is 6.30. The fourth-order valence-corrected chi connectivity index (χ4v) is 3.47. The Morgan fingerprint density at radius 3 is 2.62 bits per heavy atom. The third-order valence-corrected chi connectivity index (χ3v) is 4.83. The van der Waals surface area contributed by atoms with Gasteiger partial charge in [0.1, 0.15) is 5.78 Å². The van der Waals surface area contributed by atoms with Crippen molar-refractivity contribution in [3.63, 3.8) is 0 Å². The van der Waals surface area contributed by atoms with Gasteiger partial charge in [-0.25, -0.2) is 0 Å². The summed E-state index contributed by atoms with van der Waals surface area (Å²) >= 11 is 5.93. The fraction of sp³-hybridized carbons (Fsp3) is 0.611. The van der Waals surface area contributed by atoms with Crippen molar-refractivity contribution >= 4 is 17.4 Å². The van der Waals surface area contributed by atoms with Crippen molar-refractivity contribution in [1.82, 2.24) is 5.32 Å². The molecular formula is C18H26ClNO. The molecule has 0 bridgehead atoms. The first-order valence-corrected chi connectivity index (χ1v) is 8.24. The van der Waals surface area contributed by atoms with E-state index in [0.29, 0.717) is 16.5 Å². The van der Waals surface area contributed by atoms with Crippen molar-refractivity contribution in [2.24, 2.45) is 5.41 Å². The Morgan fingerprint density at radius 1 is 1.38 bits per heavy atom. The van der Waals surface area contributed by atoms with Gasteiger partial charge in [0.25, 0.3) is 0 Å². The molecular weight excluding hydrogens is 282 g/mol. The number of benzene rings is 1. The second-order valence-corrected chi connectivity index (χ2v) is 7.52. The van der Waals surface area contributed by atoms with E-state index in [-0.39, 0.29) is 11.7 Å². The van der Waals surface area contributed by atoms with Gasteiger partial charge < -0.3 is 5.32 Å². The predicted octanol–water partition coefficient (Wildman–Crippen LogP) is 4.57. The molecule has 1 aromatic rings. The molecule has 0 aromatic heterocycles. The van der Waals surface area contributed by atoms with Crippen molar-refractivity contribution in [3.05, 3.63) is 34.9 Å².